The standard InChI is InChI=1S/C22H25N9OS/c1-13-4-5-30(8-13)18-7-23-15(6-17(18)31-9-16(25-12-31)14-2-3-14)21(32)27-19-10-33-22(28-19)20-24-11-26-29-20/h6-7,9-14,20,29H,2-5,8H2,1H3,(H,24,26)(H,27,32). The number of thiazole rings is 1. The molecule has 2 aliphatic heterocycles. The number of pyridine rings is 1. The van der Waals surface area contributed by atoms with E-state index in [-0.39, 0.29) is 12.1 Å². The highest BCUT2D eigenvalue weighted by Crippen LogP contribution is 2.39. The summed E-state index contributed by atoms with van der Waals surface area (Å²) < 4.78 is 2.03. The summed E-state index contributed by atoms with van der Waals surface area (Å²) in [4.78, 5) is 33.2. The van der Waals surface area contributed by atoms with E-state index in [2.05, 4.69) is 54.1 Å². The van der Waals surface area contributed by atoms with Gasteiger partial charge in [-0.3, -0.25) is 4.79 Å². The van der Waals surface area contributed by atoms with Gasteiger partial charge in [-0.1, -0.05) is 6.92 Å². The van der Waals surface area contributed by atoms with Gasteiger partial charge in [0.1, 0.15) is 16.5 Å². The third-order valence-electron chi connectivity index (χ3n) is 6.24. The Kier molecular flexibility index (Phi) is 5.07. The van der Waals surface area contributed by atoms with Crippen molar-refractivity contribution in [1.29, 1.82) is 0 Å². The topological polar surface area (TPSA) is 112 Å². The van der Waals surface area contributed by atoms with E-state index in [4.69, 9.17) is 0 Å². The molecule has 0 bridgehead atoms. The molecule has 1 aliphatic carbocycles. The average molecular weight is 464 g/mol. The highest BCUT2D eigenvalue weighted by atomic mass is 32.1. The number of hydrogen-bond donors (Lipinski definition) is 3. The van der Waals surface area contributed by atoms with Crippen LogP contribution in [0.4, 0.5) is 11.5 Å². The third kappa shape index (κ3) is 4.09. The number of rotatable bonds is 6. The molecule has 5 heterocycles. The zero-order chi connectivity index (χ0) is 22.4. The number of nitrogens with one attached hydrogen (secondary N) is 3. The minimum Gasteiger partial charge on any atom is -0.368 e. The van der Waals surface area contributed by atoms with Gasteiger partial charge in [0.25, 0.3) is 5.91 Å². The largest absolute Gasteiger partial charge is 0.368 e. The fourth-order valence-corrected chi connectivity index (χ4v) is 5.01. The summed E-state index contributed by atoms with van der Waals surface area (Å²) in [5.74, 6) is 1.40. The highest BCUT2D eigenvalue weighted by Gasteiger charge is 2.28. The molecule has 2 unspecified atom stereocenters. The molecule has 170 valence electrons. The van der Waals surface area contributed by atoms with Gasteiger partial charge in [-0.15, -0.1) is 11.3 Å². The zero-order valence-corrected chi connectivity index (χ0v) is 19.0. The normalized spacial score (nSPS) is 22.0. The van der Waals surface area contributed by atoms with Gasteiger partial charge in [-0.05, 0) is 31.2 Å². The number of nitrogens with zero attached hydrogens (tertiary/aromatic N) is 6. The van der Waals surface area contributed by atoms with Crippen LogP contribution in [0.3, 0.4) is 0 Å². The summed E-state index contributed by atoms with van der Waals surface area (Å²) in [5.41, 5.74) is 9.23. The maximum Gasteiger partial charge on any atom is 0.275 e. The summed E-state index contributed by atoms with van der Waals surface area (Å²) in [6.07, 6.45) is 10.7. The van der Waals surface area contributed by atoms with Crippen molar-refractivity contribution in [3.8, 4) is 5.69 Å². The summed E-state index contributed by atoms with van der Waals surface area (Å²) >= 11 is 1.43. The smallest absolute Gasteiger partial charge is 0.275 e. The Bertz CT molecular complexity index is 1210. The van der Waals surface area contributed by atoms with Gasteiger partial charge in [0.05, 0.1) is 35.9 Å². The van der Waals surface area contributed by atoms with Crippen molar-refractivity contribution in [1.82, 2.24) is 30.4 Å². The van der Waals surface area contributed by atoms with Crippen molar-refractivity contribution < 1.29 is 4.79 Å². The van der Waals surface area contributed by atoms with Crippen molar-refractivity contribution >= 4 is 35.1 Å². The SMILES string of the molecule is CC1CCN(c2cnc(C(=O)Nc3csc(C4N=CNN4)n3)cc2-n2cnc(C3CC3)c2)C1. The number of imidazole rings is 1. The van der Waals surface area contributed by atoms with E-state index in [0.29, 0.717) is 23.3 Å². The first kappa shape index (κ1) is 20.3. The molecule has 3 N–H and O–H groups in total. The van der Waals surface area contributed by atoms with Crippen LogP contribution in [0.2, 0.25) is 0 Å². The van der Waals surface area contributed by atoms with Crippen molar-refractivity contribution in [2.45, 2.75) is 38.3 Å². The molecule has 0 aromatic carbocycles. The van der Waals surface area contributed by atoms with Gasteiger partial charge in [0.15, 0.2) is 6.17 Å². The van der Waals surface area contributed by atoms with E-state index in [9.17, 15) is 4.79 Å². The Balaban J connectivity index is 1.28. The van der Waals surface area contributed by atoms with Crippen LogP contribution in [0.15, 0.2) is 35.2 Å². The van der Waals surface area contributed by atoms with Gasteiger partial charge in [-0.2, -0.15) is 0 Å². The van der Waals surface area contributed by atoms with E-state index >= 15 is 0 Å². The Labute approximate surface area is 195 Å². The second kappa shape index (κ2) is 8.23. The van der Waals surface area contributed by atoms with Crippen LogP contribution in [0.25, 0.3) is 5.69 Å². The lowest BCUT2D eigenvalue weighted by Gasteiger charge is -2.22. The predicted molar refractivity (Wildman–Crippen MR) is 127 cm³/mol. The molecule has 3 aromatic rings. The lowest BCUT2D eigenvalue weighted by molar-refractivity contribution is 0.102. The molecule has 3 aromatic heterocycles. The number of aromatic nitrogens is 4. The molecule has 1 amide bonds. The average Bonchev–Trinajstić information content (AvgIpc) is 3.30. The molecular formula is C22H25N9OS. The van der Waals surface area contributed by atoms with Gasteiger partial charge in [0, 0.05) is 30.6 Å². The molecule has 33 heavy (non-hydrogen) atoms. The van der Waals surface area contributed by atoms with Crippen molar-refractivity contribution in [3.05, 3.63) is 46.6 Å². The fourth-order valence-electron chi connectivity index (χ4n) is 4.27. The lowest BCUT2D eigenvalue weighted by Crippen LogP contribution is -2.26. The minimum atomic E-state index is -0.294. The molecule has 0 radical (unpaired) electrons. The van der Waals surface area contributed by atoms with E-state index in [1.165, 1.54) is 24.2 Å². The lowest BCUT2D eigenvalue weighted by atomic mass is 10.2. The second-order valence-corrected chi connectivity index (χ2v) is 9.76. The Morgan fingerprint density at radius 2 is 2.15 bits per heavy atom. The third-order valence-corrected chi connectivity index (χ3v) is 7.14. The summed E-state index contributed by atoms with van der Waals surface area (Å²) in [6.45, 7) is 4.24. The molecule has 1 saturated heterocycles. The molecule has 1 saturated carbocycles. The maximum absolute atomic E-state index is 13.0. The number of carbonyl (C=O) groups is 1. The van der Waals surface area contributed by atoms with E-state index in [1.807, 2.05) is 23.2 Å². The second-order valence-electron chi connectivity index (χ2n) is 8.87. The van der Waals surface area contributed by atoms with Gasteiger partial charge in [-0.25, -0.2) is 25.4 Å². The van der Waals surface area contributed by atoms with Crippen LogP contribution in [0.5, 0.6) is 0 Å². The van der Waals surface area contributed by atoms with Gasteiger partial charge < -0.3 is 20.2 Å². The first-order chi connectivity index (χ1) is 16.1. The molecule has 11 heteroatoms. The van der Waals surface area contributed by atoms with E-state index in [0.717, 1.165) is 41.6 Å². The fraction of sp³-hybridized carbons (Fsp3) is 0.409. The molecule has 0 spiro atoms. The number of hydrogen-bond acceptors (Lipinski definition) is 9. The number of anilines is 2. The molecule has 3 aliphatic rings. The number of aliphatic imine (C=N–C) groups is 1. The maximum atomic E-state index is 13.0. The summed E-state index contributed by atoms with van der Waals surface area (Å²) in [5, 5.41) is 5.44. The number of carbonyl (C=O) groups excluding carboxylic acids is 1. The van der Waals surface area contributed by atoms with Crippen molar-refractivity contribution in [2.24, 2.45) is 10.9 Å². The van der Waals surface area contributed by atoms with Gasteiger partial charge in [0.2, 0.25) is 0 Å². The highest BCUT2D eigenvalue weighted by molar-refractivity contribution is 7.10. The number of amides is 1. The van der Waals surface area contributed by atoms with Crippen LogP contribution in [0.1, 0.15) is 59.5 Å². The molecule has 2 atom stereocenters. The summed E-state index contributed by atoms with van der Waals surface area (Å²) in [7, 11) is 0. The Morgan fingerprint density at radius 3 is 2.91 bits per heavy atom. The Morgan fingerprint density at radius 1 is 1.24 bits per heavy atom. The quantitative estimate of drug-likeness (QED) is 0.515. The van der Waals surface area contributed by atoms with Crippen molar-refractivity contribution in [3.63, 3.8) is 0 Å². The molecule has 6 rings (SSSR count). The van der Waals surface area contributed by atoms with Crippen LogP contribution in [0, 0.1) is 5.92 Å². The number of hydrazine groups is 1. The minimum absolute atomic E-state index is 0.241. The molecule has 10 nitrogen and oxygen atoms in total. The van der Waals surface area contributed by atoms with E-state index < -0.39 is 0 Å². The van der Waals surface area contributed by atoms with Crippen LogP contribution >= 0.6 is 11.3 Å². The zero-order valence-electron chi connectivity index (χ0n) is 18.2. The predicted octanol–water partition coefficient (Wildman–Crippen LogP) is 2.83. The van der Waals surface area contributed by atoms with Crippen molar-refractivity contribution in [2.75, 3.05) is 23.3 Å². The monoisotopic (exact) mass is 463 g/mol. The Hall–Kier alpha value is -3.31. The van der Waals surface area contributed by atoms with Crippen LogP contribution in [-0.4, -0.2) is 44.9 Å². The molecular weight excluding hydrogens is 438 g/mol. The van der Waals surface area contributed by atoms with E-state index in [1.54, 1.807) is 11.7 Å². The molecule has 2 fully saturated rings. The van der Waals surface area contributed by atoms with Gasteiger partial charge >= 0.3 is 0 Å². The van der Waals surface area contributed by atoms with Crippen LogP contribution in [-0.2, 0) is 0 Å². The first-order valence-electron chi connectivity index (χ1n) is 11.2. The van der Waals surface area contributed by atoms with Crippen LogP contribution < -0.4 is 21.1 Å². The first-order valence-corrected chi connectivity index (χ1v) is 12.1. The summed E-state index contributed by atoms with van der Waals surface area (Å²) in [6, 6.07) is 1.85.